The Morgan fingerprint density at radius 1 is 1.03 bits per heavy atom. The average molecular weight is 428 g/mol. The number of rotatable bonds is 6. The van der Waals surface area contributed by atoms with E-state index in [0.717, 1.165) is 52.6 Å². The van der Waals surface area contributed by atoms with Crippen LogP contribution in [0, 0.1) is 0 Å². The van der Waals surface area contributed by atoms with Gasteiger partial charge in [-0.1, -0.05) is 31.2 Å². The molecule has 0 saturated carbocycles. The molecule has 7 nitrogen and oxygen atoms in total. The minimum Gasteiger partial charge on any atom is -0.383 e. The number of benzene rings is 1. The van der Waals surface area contributed by atoms with Crippen molar-refractivity contribution in [1.29, 1.82) is 0 Å². The molecule has 0 amide bonds. The van der Waals surface area contributed by atoms with E-state index in [9.17, 15) is 0 Å². The van der Waals surface area contributed by atoms with Crippen LogP contribution in [0.4, 0.5) is 5.82 Å². The molecular formula is C25H29N7. The molecule has 32 heavy (non-hydrogen) atoms. The molecule has 0 spiro atoms. The Kier molecular flexibility index (Phi) is 5.83. The summed E-state index contributed by atoms with van der Waals surface area (Å²) >= 11 is 0. The summed E-state index contributed by atoms with van der Waals surface area (Å²) in [4.78, 5) is 18.3. The van der Waals surface area contributed by atoms with E-state index in [2.05, 4.69) is 62.0 Å². The van der Waals surface area contributed by atoms with Crippen molar-refractivity contribution >= 4 is 33.6 Å². The summed E-state index contributed by atoms with van der Waals surface area (Å²) in [5.41, 5.74) is 8.36. The van der Waals surface area contributed by atoms with Crippen molar-refractivity contribution in [2.45, 2.75) is 13.3 Å². The average Bonchev–Trinajstić information content (AvgIpc) is 3.37. The summed E-state index contributed by atoms with van der Waals surface area (Å²) in [6.07, 6.45) is 12.7. The van der Waals surface area contributed by atoms with Crippen molar-refractivity contribution in [2.75, 3.05) is 45.0 Å². The van der Waals surface area contributed by atoms with Gasteiger partial charge in [-0.05, 0) is 36.0 Å². The summed E-state index contributed by atoms with van der Waals surface area (Å²) in [6, 6.07) is 8.46. The molecule has 0 radical (unpaired) electrons. The smallest absolute Gasteiger partial charge is 0.140 e. The monoisotopic (exact) mass is 427 g/mol. The van der Waals surface area contributed by atoms with E-state index >= 15 is 0 Å². The van der Waals surface area contributed by atoms with E-state index in [1.165, 1.54) is 26.2 Å². The molecular weight excluding hydrogens is 398 g/mol. The lowest BCUT2D eigenvalue weighted by Crippen LogP contribution is -2.46. The zero-order valence-electron chi connectivity index (χ0n) is 18.5. The molecule has 0 aliphatic carbocycles. The Balaban J connectivity index is 1.34. The molecule has 1 aliphatic heterocycles. The largest absolute Gasteiger partial charge is 0.383 e. The van der Waals surface area contributed by atoms with Gasteiger partial charge in [-0.2, -0.15) is 0 Å². The van der Waals surface area contributed by atoms with Crippen molar-refractivity contribution in [3.05, 3.63) is 60.8 Å². The molecule has 1 aliphatic rings. The van der Waals surface area contributed by atoms with Gasteiger partial charge in [0.1, 0.15) is 18.0 Å². The molecule has 164 valence electrons. The molecule has 0 unspecified atom stereocenters. The Morgan fingerprint density at radius 3 is 2.66 bits per heavy atom. The first-order valence-electron chi connectivity index (χ1n) is 11.3. The highest BCUT2D eigenvalue weighted by Crippen LogP contribution is 2.29. The molecule has 0 bridgehead atoms. The van der Waals surface area contributed by atoms with E-state index in [1.54, 1.807) is 12.5 Å². The second kappa shape index (κ2) is 9.06. The SMILES string of the molecule is CCN1CCN(CC/C=C/c2ccc3c(c2)ncc2c(N)nc(-n4ccnc4)cc23)CC1. The third kappa shape index (κ3) is 4.22. The molecule has 4 heterocycles. The van der Waals surface area contributed by atoms with E-state index < -0.39 is 0 Å². The maximum absolute atomic E-state index is 6.24. The van der Waals surface area contributed by atoms with Gasteiger partial charge in [0.2, 0.25) is 0 Å². The summed E-state index contributed by atoms with van der Waals surface area (Å²) in [5.74, 6) is 1.23. The van der Waals surface area contributed by atoms with Gasteiger partial charge in [0, 0.05) is 62.1 Å². The van der Waals surface area contributed by atoms with Crippen LogP contribution in [-0.4, -0.2) is 68.6 Å². The lowest BCUT2D eigenvalue weighted by Gasteiger charge is -2.33. The molecule has 1 aromatic carbocycles. The minimum atomic E-state index is 0.476. The quantitative estimate of drug-likeness (QED) is 0.474. The van der Waals surface area contributed by atoms with Crippen molar-refractivity contribution in [3.8, 4) is 5.82 Å². The predicted octanol–water partition coefficient (Wildman–Crippen LogP) is 3.59. The minimum absolute atomic E-state index is 0.476. The molecule has 1 saturated heterocycles. The Morgan fingerprint density at radius 2 is 1.88 bits per heavy atom. The fourth-order valence-electron chi connectivity index (χ4n) is 4.37. The van der Waals surface area contributed by atoms with Crippen molar-refractivity contribution in [3.63, 3.8) is 0 Å². The number of hydrogen-bond donors (Lipinski definition) is 1. The highest BCUT2D eigenvalue weighted by Gasteiger charge is 2.14. The molecule has 7 heteroatoms. The second-order valence-corrected chi connectivity index (χ2v) is 8.30. The molecule has 1 fully saturated rings. The number of anilines is 1. The van der Waals surface area contributed by atoms with Gasteiger partial charge in [-0.25, -0.2) is 9.97 Å². The molecule has 5 rings (SSSR count). The summed E-state index contributed by atoms with van der Waals surface area (Å²) in [5, 5.41) is 2.99. The number of fused-ring (bicyclic) bond motifs is 3. The molecule has 3 aromatic heterocycles. The number of nitrogens with zero attached hydrogens (tertiary/aromatic N) is 6. The zero-order chi connectivity index (χ0) is 21.9. The lowest BCUT2D eigenvalue weighted by atomic mass is 10.0. The summed E-state index contributed by atoms with van der Waals surface area (Å²) < 4.78 is 1.86. The predicted molar refractivity (Wildman–Crippen MR) is 131 cm³/mol. The third-order valence-electron chi connectivity index (χ3n) is 6.32. The first kappa shape index (κ1) is 20.6. The Labute approximate surface area is 188 Å². The van der Waals surface area contributed by atoms with Crippen LogP contribution in [0.3, 0.4) is 0 Å². The maximum Gasteiger partial charge on any atom is 0.140 e. The van der Waals surface area contributed by atoms with E-state index in [0.29, 0.717) is 5.82 Å². The summed E-state index contributed by atoms with van der Waals surface area (Å²) in [6.45, 7) is 9.24. The van der Waals surface area contributed by atoms with Crippen LogP contribution in [0.2, 0.25) is 0 Å². The van der Waals surface area contributed by atoms with Crippen LogP contribution in [0.5, 0.6) is 0 Å². The van der Waals surface area contributed by atoms with Crippen LogP contribution >= 0.6 is 0 Å². The van der Waals surface area contributed by atoms with Crippen molar-refractivity contribution in [2.24, 2.45) is 0 Å². The topological polar surface area (TPSA) is 76.1 Å². The molecule has 2 N–H and O–H groups in total. The van der Waals surface area contributed by atoms with Crippen molar-refractivity contribution in [1.82, 2.24) is 29.3 Å². The first-order valence-corrected chi connectivity index (χ1v) is 11.3. The number of nitrogen functional groups attached to an aromatic ring is 1. The van der Waals surface area contributed by atoms with Crippen molar-refractivity contribution < 1.29 is 0 Å². The van der Waals surface area contributed by atoms with E-state index in [1.807, 2.05) is 23.0 Å². The Hall–Kier alpha value is -3.29. The van der Waals surface area contributed by atoms with Gasteiger partial charge in [0.15, 0.2) is 0 Å². The highest BCUT2D eigenvalue weighted by atomic mass is 15.3. The fraction of sp³-hybridized carbons (Fsp3) is 0.320. The van der Waals surface area contributed by atoms with Crippen LogP contribution in [0.25, 0.3) is 33.6 Å². The maximum atomic E-state index is 6.24. The standard InChI is InChI=1S/C25H29N7/c1-2-30-11-13-31(14-12-30)9-4-3-5-19-6-7-20-21-16-24(32-10-8-27-18-32)29-25(26)22(21)17-28-23(20)15-19/h3,5-8,10,15-18H,2,4,9,11-14H2,1H3,(H2,26,29)/b5-3+. The normalized spacial score (nSPS) is 15.9. The van der Waals surface area contributed by atoms with E-state index in [-0.39, 0.29) is 0 Å². The second-order valence-electron chi connectivity index (χ2n) is 8.30. The van der Waals surface area contributed by atoms with E-state index in [4.69, 9.17) is 5.73 Å². The number of likely N-dealkylation sites (N-methyl/N-ethyl adjacent to an activating group) is 1. The van der Waals surface area contributed by atoms with Gasteiger partial charge in [-0.15, -0.1) is 0 Å². The third-order valence-corrected chi connectivity index (χ3v) is 6.32. The number of pyridine rings is 2. The van der Waals surface area contributed by atoms with Gasteiger partial charge >= 0.3 is 0 Å². The highest BCUT2D eigenvalue weighted by molar-refractivity contribution is 6.09. The number of aromatic nitrogens is 4. The van der Waals surface area contributed by atoms with Crippen LogP contribution in [0.15, 0.2) is 55.3 Å². The number of nitrogens with two attached hydrogens (primary N) is 1. The molecule has 4 aromatic rings. The van der Waals surface area contributed by atoms with Crippen LogP contribution in [-0.2, 0) is 0 Å². The van der Waals surface area contributed by atoms with Gasteiger partial charge in [0.25, 0.3) is 0 Å². The van der Waals surface area contributed by atoms with Gasteiger partial charge in [0.05, 0.1) is 5.52 Å². The number of imidazole rings is 1. The molecule has 0 atom stereocenters. The van der Waals surface area contributed by atoms with Crippen LogP contribution < -0.4 is 5.73 Å². The number of hydrogen-bond acceptors (Lipinski definition) is 6. The zero-order valence-corrected chi connectivity index (χ0v) is 18.5. The lowest BCUT2D eigenvalue weighted by molar-refractivity contribution is 0.139. The Bertz CT molecular complexity index is 1240. The van der Waals surface area contributed by atoms with Gasteiger partial charge < -0.3 is 15.5 Å². The first-order chi connectivity index (χ1) is 15.7. The number of piperazine rings is 1. The van der Waals surface area contributed by atoms with Gasteiger partial charge in [-0.3, -0.25) is 9.55 Å². The van der Waals surface area contributed by atoms with Crippen LogP contribution in [0.1, 0.15) is 18.9 Å². The fourth-order valence-corrected chi connectivity index (χ4v) is 4.37. The summed E-state index contributed by atoms with van der Waals surface area (Å²) in [7, 11) is 0.